The lowest BCUT2D eigenvalue weighted by Crippen LogP contribution is -2.56. The van der Waals surface area contributed by atoms with Crippen molar-refractivity contribution in [2.75, 3.05) is 19.7 Å². The van der Waals surface area contributed by atoms with E-state index in [2.05, 4.69) is 26.3 Å². The Hall–Kier alpha value is -0.530. The first-order valence-corrected chi connectivity index (χ1v) is 8.22. The summed E-state index contributed by atoms with van der Waals surface area (Å²) in [4.78, 5) is 2.50. The van der Waals surface area contributed by atoms with Gasteiger partial charge in [0, 0.05) is 12.6 Å². The van der Waals surface area contributed by atoms with Gasteiger partial charge in [-0.15, -0.1) is 0 Å². The molecule has 0 aliphatic carbocycles. The van der Waals surface area contributed by atoms with Gasteiger partial charge in [-0.1, -0.05) is 6.07 Å². The van der Waals surface area contributed by atoms with Crippen LogP contribution in [0.25, 0.3) is 0 Å². The number of nitrogens with one attached hydrogen (secondary N) is 1. The molecule has 0 saturated carbocycles. The van der Waals surface area contributed by atoms with E-state index in [1.54, 1.807) is 12.1 Å². The highest BCUT2D eigenvalue weighted by Crippen LogP contribution is 2.25. The lowest BCUT2D eigenvalue weighted by atomic mass is 10.00. The second kappa shape index (κ2) is 6.71. The van der Waals surface area contributed by atoms with E-state index < -0.39 is 0 Å². The molecule has 3 rings (SSSR count). The number of nitrogens with zero attached hydrogens (tertiary/aromatic N) is 1. The second-order valence-electron chi connectivity index (χ2n) is 5.89. The van der Waals surface area contributed by atoms with Crippen LogP contribution in [-0.2, 0) is 11.2 Å². The maximum Gasteiger partial charge on any atom is 0.137 e. The minimum Gasteiger partial charge on any atom is -0.374 e. The van der Waals surface area contributed by atoms with E-state index in [0.717, 1.165) is 31.7 Å². The number of benzene rings is 1. The Morgan fingerprint density at radius 2 is 2.38 bits per heavy atom. The SMILES string of the molecule is NNC(Cc1ccc(F)c(Br)c1)C1CN2CCCC2CO1. The van der Waals surface area contributed by atoms with Crippen LogP contribution in [0.4, 0.5) is 4.39 Å². The number of fused-ring (bicyclic) bond motifs is 1. The topological polar surface area (TPSA) is 50.5 Å². The number of hydrazine groups is 1. The van der Waals surface area contributed by atoms with Crippen LogP contribution in [0.5, 0.6) is 0 Å². The highest BCUT2D eigenvalue weighted by atomic mass is 79.9. The van der Waals surface area contributed by atoms with E-state index in [9.17, 15) is 4.39 Å². The fourth-order valence-electron chi connectivity index (χ4n) is 3.30. The molecule has 21 heavy (non-hydrogen) atoms. The van der Waals surface area contributed by atoms with Gasteiger partial charge in [-0.2, -0.15) is 0 Å². The fourth-order valence-corrected chi connectivity index (χ4v) is 3.73. The molecule has 1 aromatic carbocycles. The summed E-state index contributed by atoms with van der Waals surface area (Å²) in [6.45, 7) is 2.86. The maximum absolute atomic E-state index is 13.3. The van der Waals surface area contributed by atoms with Gasteiger partial charge in [0.2, 0.25) is 0 Å². The van der Waals surface area contributed by atoms with Crippen molar-refractivity contribution in [2.24, 2.45) is 5.84 Å². The van der Waals surface area contributed by atoms with Crippen molar-refractivity contribution >= 4 is 15.9 Å². The molecule has 6 heteroatoms. The Morgan fingerprint density at radius 3 is 3.14 bits per heavy atom. The number of rotatable bonds is 4. The fraction of sp³-hybridized carbons (Fsp3) is 0.600. The van der Waals surface area contributed by atoms with Crippen molar-refractivity contribution in [1.29, 1.82) is 0 Å². The molecule has 3 unspecified atom stereocenters. The Balaban J connectivity index is 1.65. The van der Waals surface area contributed by atoms with Crippen LogP contribution in [0.3, 0.4) is 0 Å². The van der Waals surface area contributed by atoms with E-state index >= 15 is 0 Å². The Kier molecular flexibility index (Phi) is 4.91. The molecule has 0 spiro atoms. The van der Waals surface area contributed by atoms with Gasteiger partial charge in [-0.3, -0.25) is 16.2 Å². The summed E-state index contributed by atoms with van der Waals surface area (Å²) >= 11 is 3.22. The normalized spacial score (nSPS) is 27.6. The third kappa shape index (κ3) is 3.46. The van der Waals surface area contributed by atoms with Crippen LogP contribution < -0.4 is 11.3 Å². The second-order valence-corrected chi connectivity index (χ2v) is 6.74. The van der Waals surface area contributed by atoms with Crippen molar-refractivity contribution < 1.29 is 9.13 Å². The first kappa shape index (κ1) is 15.4. The number of nitrogens with two attached hydrogens (primary N) is 1. The summed E-state index contributed by atoms with van der Waals surface area (Å²) in [6, 6.07) is 5.70. The van der Waals surface area contributed by atoms with Crippen LogP contribution in [0.15, 0.2) is 22.7 Å². The smallest absolute Gasteiger partial charge is 0.137 e. The molecule has 2 fully saturated rings. The van der Waals surface area contributed by atoms with Gasteiger partial charge in [-0.25, -0.2) is 4.39 Å². The van der Waals surface area contributed by atoms with Gasteiger partial charge in [0.15, 0.2) is 0 Å². The standard InChI is InChI=1S/C15H21BrFN3O/c16-12-6-10(3-4-13(12)17)7-14(19-18)15-8-20-5-1-2-11(20)9-21-15/h3-4,6,11,14-15,19H,1-2,5,7-9,18H2. The zero-order valence-electron chi connectivity index (χ0n) is 11.9. The third-order valence-electron chi connectivity index (χ3n) is 4.52. The van der Waals surface area contributed by atoms with Crippen molar-refractivity contribution in [2.45, 2.75) is 37.5 Å². The molecule has 3 N–H and O–H groups in total. The molecule has 0 amide bonds. The summed E-state index contributed by atoms with van der Waals surface area (Å²) < 4.78 is 19.8. The van der Waals surface area contributed by atoms with Crippen LogP contribution in [0.1, 0.15) is 18.4 Å². The van der Waals surface area contributed by atoms with Gasteiger partial charge >= 0.3 is 0 Å². The van der Waals surface area contributed by atoms with Gasteiger partial charge in [0.05, 0.1) is 23.2 Å². The molecule has 2 heterocycles. The first-order chi connectivity index (χ1) is 10.2. The van der Waals surface area contributed by atoms with E-state index in [1.165, 1.54) is 18.9 Å². The van der Waals surface area contributed by atoms with Crippen molar-refractivity contribution in [3.8, 4) is 0 Å². The number of halogens is 2. The molecule has 2 saturated heterocycles. The largest absolute Gasteiger partial charge is 0.374 e. The molecule has 2 aliphatic rings. The minimum absolute atomic E-state index is 0.0314. The van der Waals surface area contributed by atoms with E-state index in [-0.39, 0.29) is 18.0 Å². The number of morpholine rings is 1. The predicted octanol–water partition coefficient (Wildman–Crippen LogP) is 1.83. The molecule has 4 nitrogen and oxygen atoms in total. The zero-order chi connectivity index (χ0) is 14.8. The predicted molar refractivity (Wildman–Crippen MR) is 83.3 cm³/mol. The highest BCUT2D eigenvalue weighted by molar-refractivity contribution is 9.10. The van der Waals surface area contributed by atoms with E-state index in [0.29, 0.717) is 10.5 Å². The summed E-state index contributed by atoms with van der Waals surface area (Å²) in [5.41, 5.74) is 3.91. The lowest BCUT2D eigenvalue weighted by Gasteiger charge is -2.38. The molecular formula is C15H21BrFN3O. The Labute approximate surface area is 132 Å². The lowest BCUT2D eigenvalue weighted by molar-refractivity contribution is -0.0644. The molecule has 0 aromatic heterocycles. The minimum atomic E-state index is -0.246. The van der Waals surface area contributed by atoms with E-state index in [4.69, 9.17) is 10.6 Å². The average molecular weight is 358 g/mol. The molecule has 116 valence electrons. The van der Waals surface area contributed by atoms with Crippen LogP contribution >= 0.6 is 15.9 Å². The van der Waals surface area contributed by atoms with Crippen LogP contribution in [0, 0.1) is 5.82 Å². The summed E-state index contributed by atoms with van der Waals surface area (Å²) in [5.74, 6) is 5.48. The molecule has 3 atom stereocenters. The van der Waals surface area contributed by atoms with Crippen LogP contribution in [-0.4, -0.2) is 42.8 Å². The number of ether oxygens (including phenoxy) is 1. The molecule has 0 bridgehead atoms. The molecular weight excluding hydrogens is 337 g/mol. The highest BCUT2D eigenvalue weighted by Gasteiger charge is 2.35. The monoisotopic (exact) mass is 357 g/mol. The Bertz CT molecular complexity index is 502. The van der Waals surface area contributed by atoms with Crippen LogP contribution in [0.2, 0.25) is 0 Å². The number of hydrogen-bond acceptors (Lipinski definition) is 4. The quantitative estimate of drug-likeness (QED) is 0.637. The van der Waals surface area contributed by atoms with Crippen molar-refractivity contribution in [1.82, 2.24) is 10.3 Å². The van der Waals surface area contributed by atoms with Gasteiger partial charge in [0.1, 0.15) is 5.82 Å². The summed E-state index contributed by atoms with van der Waals surface area (Å²) in [5, 5.41) is 0. The summed E-state index contributed by atoms with van der Waals surface area (Å²) in [7, 11) is 0. The average Bonchev–Trinajstić information content (AvgIpc) is 2.95. The van der Waals surface area contributed by atoms with Gasteiger partial charge in [-0.05, 0) is 59.4 Å². The van der Waals surface area contributed by atoms with Crippen molar-refractivity contribution in [3.05, 3.63) is 34.1 Å². The third-order valence-corrected chi connectivity index (χ3v) is 5.13. The molecule has 2 aliphatic heterocycles. The molecule has 0 radical (unpaired) electrons. The van der Waals surface area contributed by atoms with Gasteiger partial charge < -0.3 is 4.74 Å². The van der Waals surface area contributed by atoms with Crippen molar-refractivity contribution in [3.63, 3.8) is 0 Å². The number of hydrogen-bond donors (Lipinski definition) is 2. The summed E-state index contributed by atoms with van der Waals surface area (Å²) in [6.07, 6.45) is 3.29. The van der Waals surface area contributed by atoms with Gasteiger partial charge in [0.25, 0.3) is 0 Å². The maximum atomic E-state index is 13.3. The van der Waals surface area contributed by atoms with E-state index in [1.807, 2.05) is 0 Å². The Morgan fingerprint density at radius 1 is 1.52 bits per heavy atom. The molecule has 1 aromatic rings. The zero-order valence-corrected chi connectivity index (χ0v) is 13.5. The first-order valence-electron chi connectivity index (χ1n) is 7.43.